The van der Waals surface area contributed by atoms with Gasteiger partial charge in [0.15, 0.2) is 5.01 Å². The molecule has 1 N–H and O–H groups in total. The molecule has 0 aliphatic heterocycles. The van der Waals surface area contributed by atoms with Gasteiger partial charge in [-0.25, -0.2) is 9.50 Å². The monoisotopic (exact) mass is 313 g/mol. The Hall–Kier alpha value is -2.02. The molecule has 0 saturated heterocycles. The van der Waals surface area contributed by atoms with Crippen LogP contribution in [-0.4, -0.2) is 19.7 Å². The first kappa shape index (κ1) is 12.7. The van der Waals surface area contributed by atoms with Crippen LogP contribution in [0.25, 0.3) is 26.1 Å². The number of rotatable bonds is 3. The molecule has 21 heavy (non-hydrogen) atoms. The van der Waals surface area contributed by atoms with Crippen molar-refractivity contribution in [2.75, 3.05) is 0 Å². The third-order valence-electron chi connectivity index (χ3n) is 3.23. The number of aromatic nitrogens is 3. The molecular weight excluding hydrogens is 302 g/mol. The highest BCUT2D eigenvalue weighted by molar-refractivity contribution is 7.23. The van der Waals surface area contributed by atoms with E-state index in [0.717, 1.165) is 31.8 Å². The Morgan fingerprint density at radius 3 is 2.67 bits per heavy atom. The van der Waals surface area contributed by atoms with Crippen molar-refractivity contribution < 1.29 is 5.11 Å². The lowest BCUT2D eigenvalue weighted by Gasteiger charge is -2.00. The van der Waals surface area contributed by atoms with Crippen LogP contribution in [0.3, 0.4) is 0 Å². The summed E-state index contributed by atoms with van der Waals surface area (Å²) in [5, 5.41) is 17.3. The summed E-state index contributed by atoms with van der Waals surface area (Å²) in [6.45, 7) is -0.0843. The average Bonchev–Trinajstić information content (AvgIpc) is 3.22. The van der Waals surface area contributed by atoms with Crippen molar-refractivity contribution in [2.24, 2.45) is 0 Å². The normalized spacial score (nSPS) is 11.3. The molecule has 0 bridgehead atoms. The van der Waals surface area contributed by atoms with Gasteiger partial charge in [-0.2, -0.15) is 5.10 Å². The Morgan fingerprint density at radius 1 is 1.10 bits per heavy atom. The number of thiophene rings is 1. The lowest BCUT2D eigenvalue weighted by molar-refractivity contribution is 0.275. The predicted octanol–water partition coefficient (Wildman–Crippen LogP) is 3.68. The molecule has 6 heteroatoms. The number of aliphatic hydroxyl groups is 1. The van der Waals surface area contributed by atoms with Gasteiger partial charge in [0.25, 0.3) is 0 Å². The van der Waals surface area contributed by atoms with E-state index in [2.05, 4.69) is 10.1 Å². The first-order chi connectivity index (χ1) is 10.4. The number of hydrogen-bond acceptors (Lipinski definition) is 5. The third-order valence-corrected chi connectivity index (χ3v) is 5.17. The minimum atomic E-state index is -0.0843. The highest BCUT2D eigenvalue weighted by atomic mass is 32.1. The second-order valence-corrected chi connectivity index (χ2v) is 6.41. The molecule has 0 radical (unpaired) electrons. The van der Waals surface area contributed by atoms with Crippen LogP contribution < -0.4 is 0 Å². The molecule has 1 aromatic carbocycles. The predicted molar refractivity (Wildman–Crippen MR) is 85.5 cm³/mol. The number of fused-ring (bicyclic) bond motifs is 1. The summed E-state index contributed by atoms with van der Waals surface area (Å²) in [4.78, 5) is 6.58. The first-order valence-corrected chi connectivity index (χ1v) is 8.15. The molecule has 0 amide bonds. The summed E-state index contributed by atoms with van der Waals surface area (Å²) >= 11 is 3.19. The number of imidazole rings is 1. The molecule has 0 fully saturated rings. The number of hydrogen-bond donors (Lipinski definition) is 1. The quantitative estimate of drug-likeness (QED) is 0.628. The van der Waals surface area contributed by atoms with Gasteiger partial charge in [0.05, 0.1) is 22.9 Å². The number of aliphatic hydroxyl groups excluding tert-OH is 1. The maximum Gasteiger partial charge on any atom is 0.213 e. The highest BCUT2D eigenvalue weighted by Crippen LogP contribution is 2.32. The summed E-state index contributed by atoms with van der Waals surface area (Å²) in [5.74, 6) is 0. The molecule has 4 aromatic rings. The van der Waals surface area contributed by atoms with Crippen molar-refractivity contribution in [1.29, 1.82) is 0 Å². The molecule has 3 aromatic heterocycles. The van der Waals surface area contributed by atoms with Crippen molar-refractivity contribution in [3.8, 4) is 21.1 Å². The Labute approximate surface area is 129 Å². The van der Waals surface area contributed by atoms with Crippen LogP contribution in [0, 0.1) is 0 Å². The molecule has 4 rings (SSSR count). The van der Waals surface area contributed by atoms with Crippen molar-refractivity contribution in [2.45, 2.75) is 6.61 Å². The van der Waals surface area contributed by atoms with E-state index in [0.29, 0.717) is 0 Å². The fourth-order valence-electron chi connectivity index (χ4n) is 2.26. The van der Waals surface area contributed by atoms with Gasteiger partial charge in [-0.05, 0) is 11.4 Å². The summed E-state index contributed by atoms with van der Waals surface area (Å²) in [6.07, 6.45) is 0. The zero-order valence-corrected chi connectivity index (χ0v) is 12.6. The summed E-state index contributed by atoms with van der Waals surface area (Å²) in [5.41, 5.74) is 2.53. The molecule has 104 valence electrons. The zero-order chi connectivity index (χ0) is 14.2. The smallest absolute Gasteiger partial charge is 0.213 e. The highest BCUT2D eigenvalue weighted by Gasteiger charge is 2.17. The van der Waals surface area contributed by atoms with Crippen molar-refractivity contribution in [3.05, 3.63) is 53.5 Å². The van der Waals surface area contributed by atoms with Gasteiger partial charge in [0, 0.05) is 5.56 Å². The van der Waals surface area contributed by atoms with Gasteiger partial charge in [-0.1, -0.05) is 47.7 Å². The number of nitrogens with zero attached hydrogens (tertiary/aromatic N) is 3. The van der Waals surface area contributed by atoms with E-state index in [9.17, 15) is 5.11 Å². The fraction of sp³-hybridized carbons (Fsp3) is 0.0667. The Morgan fingerprint density at radius 2 is 1.95 bits per heavy atom. The van der Waals surface area contributed by atoms with Crippen LogP contribution in [0.4, 0.5) is 0 Å². The first-order valence-electron chi connectivity index (χ1n) is 6.45. The summed E-state index contributed by atoms with van der Waals surface area (Å²) in [7, 11) is 0. The van der Waals surface area contributed by atoms with Gasteiger partial charge in [-0.3, -0.25) is 0 Å². The molecule has 0 atom stereocenters. The van der Waals surface area contributed by atoms with Crippen molar-refractivity contribution >= 4 is 27.6 Å². The van der Waals surface area contributed by atoms with Crippen LogP contribution in [0.5, 0.6) is 0 Å². The Kier molecular flexibility index (Phi) is 3.07. The molecule has 0 spiro atoms. The molecule has 0 unspecified atom stereocenters. The largest absolute Gasteiger partial charge is 0.390 e. The van der Waals surface area contributed by atoms with Crippen LogP contribution >= 0.6 is 22.7 Å². The zero-order valence-electron chi connectivity index (χ0n) is 10.9. The minimum absolute atomic E-state index is 0.0843. The van der Waals surface area contributed by atoms with E-state index >= 15 is 0 Å². The van der Waals surface area contributed by atoms with Crippen LogP contribution in [0.2, 0.25) is 0 Å². The lowest BCUT2D eigenvalue weighted by atomic mass is 10.1. The fourth-order valence-corrected chi connectivity index (χ4v) is 3.97. The van der Waals surface area contributed by atoms with E-state index in [4.69, 9.17) is 0 Å². The SMILES string of the molecule is OCc1c(-c2ccccc2)nc2sc(-c3cccs3)nn12. The second kappa shape index (κ2) is 5.07. The van der Waals surface area contributed by atoms with Crippen molar-refractivity contribution in [1.82, 2.24) is 14.6 Å². The van der Waals surface area contributed by atoms with Crippen LogP contribution in [-0.2, 0) is 6.61 Å². The second-order valence-electron chi connectivity index (χ2n) is 4.51. The van der Waals surface area contributed by atoms with Gasteiger partial charge < -0.3 is 5.11 Å². The van der Waals surface area contributed by atoms with E-state index < -0.39 is 0 Å². The minimum Gasteiger partial charge on any atom is -0.390 e. The molecule has 4 nitrogen and oxygen atoms in total. The van der Waals surface area contributed by atoms with Gasteiger partial charge in [-0.15, -0.1) is 11.3 Å². The van der Waals surface area contributed by atoms with Gasteiger partial charge in [0.1, 0.15) is 0 Å². The number of benzene rings is 1. The van der Waals surface area contributed by atoms with E-state index in [1.807, 2.05) is 47.8 Å². The molecule has 3 heterocycles. The molecule has 0 aliphatic rings. The van der Waals surface area contributed by atoms with Crippen LogP contribution in [0.1, 0.15) is 5.69 Å². The standard InChI is InChI=1S/C15H11N3OS2/c19-9-11-13(10-5-2-1-3-6-10)16-15-18(11)17-14(21-15)12-7-4-8-20-12/h1-8,19H,9H2. The van der Waals surface area contributed by atoms with E-state index in [1.54, 1.807) is 27.2 Å². The van der Waals surface area contributed by atoms with Crippen molar-refractivity contribution in [3.63, 3.8) is 0 Å². The molecule has 0 saturated carbocycles. The van der Waals surface area contributed by atoms with Crippen LogP contribution in [0.15, 0.2) is 47.8 Å². The van der Waals surface area contributed by atoms with Gasteiger partial charge >= 0.3 is 0 Å². The lowest BCUT2D eigenvalue weighted by Crippen LogP contribution is -1.95. The maximum atomic E-state index is 9.71. The third kappa shape index (κ3) is 2.08. The molecular formula is C15H11N3OS2. The summed E-state index contributed by atoms with van der Waals surface area (Å²) < 4.78 is 1.75. The van der Waals surface area contributed by atoms with Gasteiger partial charge in [0.2, 0.25) is 4.96 Å². The van der Waals surface area contributed by atoms with E-state index in [1.165, 1.54) is 0 Å². The maximum absolute atomic E-state index is 9.71. The summed E-state index contributed by atoms with van der Waals surface area (Å²) in [6, 6.07) is 13.9. The Bertz CT molecular complexity index is 879. The average molecular weight is 313 g/mol. The Balaban J connectivity index is 1.90. The molecule has 0 aliphatic carbocycles. The topological polar surface area (TPSA) is 50.4 Å². The van der Waals surface area contributed by atoms with E-state index in [-0.39, 0.29) is 6.61 Å².